The molecule has 0 N–H and O–H groups in total. The molecule has 348 valence electrons. The summed E-state index contributed by atoms with van der Waals surface area (Å²) in [4.78, 5) is 0. The summed E-state index contributed by atoms with van der Waals surface area (Å²) in [7, 11) is -4.93. The van der Waals surface area contributed by atoms with Crippen LogP contribution in [0.4, 0.5) is 0 Å². The number of rotatable bonds is 28. The Balaban J connectivity index is 1.60. The average Bonchev–Trinajstić information content (AvgIpc) is 3.96. The van der Waals surface area contributed by atoms with E-state index < -0.39 is 35.0 Å². The molecule has 2 aromatic carbocycles. The minimum absolute atomic E-state index is 0.00483. The quantitative estimate of drug-likeness (QED) is 0.0484. The SMILES string of the molecule is C=C1C[C@@H]([C@@H]2O[C@H]2[C@H](C[C](=C)[Sn]([CH2]CCC)([CH2]CCC)[CH2]CCC)O[Si](C(C)C)(C(C)C)C(C)C)O[C@H]1CC[C@@H](C/C=C/C)O[Si](c1ccccc1)(c1ccccc1)C(C)(C)C. The van der Waals surface area contributed by atoms with Gasteiger partial charge >= 0.3 is 267 Å². The van der Waals surface area contributed by atoms with Gasteiger partial charge in [0.15, 0.2) is 0 Å². The second-order valence-electron chi connectivity index (χ2n) is 21.2. The van der Waals surface area contributed by atoms with Gasteiger partial charge in [-0.25, -0.2) is 0 Å². The molecule has 62 heavy (non-hydrogen) atoms. The van der Waals surface area contributed by atoms with Crippen LogP contribution in [0.2, 0.25) is 35.0 Å². The number of hydrogen-bond acceptors (Lipinski definition) is 4. The number of hydrogen-bond donors (Lipinski definition) is 0. The van der Waals surface area contributed by atoms with Crippen molar-refractivity contribution in [2.24, 2.45) is 0 Å². The molecule has 2 aliphatic heterocycles. The molecule has 0 amide bonds. The first-order valence-electron chi connectivity index (χ1n) is 25.2. The fraction of sp³-hybridized carbons (Fsp3) is 0.673. The van der Waals surface area contributed by atoms with Crippen molar-refractivity contribution in [2.75, 3.05) is 0 Å². The van der Waals surface area contributed by atoms with Gasteiger partial charge in [0.2, 0.25) is 0 Å². The minimum atomic E-state index is -2.73. The monoisotopic (exact) mass is 993 g/mol. The van der Waals surface area contributed by atoms with E-state index in [4.69, 9.17) is 24.9 Å². The fourth-order valence-corrected chi connectivity index (χ4v) is 37.6. The molecule has 2 aliphatic rings. The second-order valence-corrected chi connectivity index (χ2v) is 44.5. The van der Waals surface area contributed by atoms with Crippen molar-refractivity contribution < 1.29 is 18.3 Å². The molecule has 0 bridgehead atoms. The summed E-state index contributed by atoms with van der Waals surface area (Å²) in [5.41, 5.74) is 2.73. The molecule has 0 spiro atoms. The molecule has 7 heteroatoms. The van der Waals surface area contributed by atoms with Gasteiger partial charge in [-0.05, 0) is 22.3 Å². The molecule has 2 aromatic rings. The summed E-state index contributed by atoms with van der Waals surface area (Å²) in [5.74, 6) is 0. The molecule has 0 aliphatic carbocycles. The molecular weight excluding hydrogens is 899 g/mol. The Bertz CT molecular complexity index is 1580. The number of allylic oxidation sites excluding steroid dienone is 1. The summed E-state index contributed by atoms with van der Waals surface area (Å²) in [5, 5.41) is 2.56. The Kier molecular flexibility index (Phi) is 21.1. The predicted octanol–water partition coefficient (Wildman–Crippen LogP) is 15.1. The van der Waals surface area contributed by atoms with Crippen LogP contribution in [0.5, 0.6) is 0 Å². The molecule has 0 aromatic heterocycles. The van der Waals surface area contributed by atoms with Crippen molar-refractivity contribution in [3.63, 3.8) is 0 Å². The average molecular weight is 992 g/mol. The second kappa shape index (κ2) is 24.5. The van der Waals surface area contributed by atoms with Crippen LogP contribution in [0, 0.1) is 0 Å². The molecule has 6 atom stereocenters. The van der Waals surface area contributed by atoms with Gasteiger partial charge in [-0.1, -0.05) is 93.6 Å². The molecule has 2 heterocycles. The van der Waals surface area contributed by atoms with Crippen LogP contribution in [0.25, 0.3) is 0 Å². The number of ether oxygens (including phenoxy) is 2. The zero-order chi connectivity index (χ0) is 45.7. The molecule has 0 radical (unpaired) electrons. The first kappa shape index (κ1) is 53.3. The van der Waals surface area contributed by atoms with Crippen molar-refractivity contribution in [3.8, 4) is 0 Å². The first-order chi connectivity index (χ1) is 29.5. The summed E-state index contributed by atoms with van der Waals surface area (Å²) in [6, 6.07) is 22.1. The van der Waals surface area contributed by atoms with Gasteiger partial charge in [0.1, 0.15) is 0 Å². The van der Waals surface area contributed by atoms with E-state index in [1.165, 1.54) is 67.8 Å². The third-order valence-electron chi connectivity index (χ3n) is 15.0. The van der Waals surface area contributed by atoms with Gasteiger partial charge in [-0.3, -0.25) is 0 Å². The van der Waals surface area contributed by atoms with Gasteiger partial charge in [-0.2, -0.15) is 0 Å². The molecule has 0 unspecified atom stereocenters. The maximum atomic E-state index is 7.82. The first-order valence-corrected chi connectivity index (χ1v) is 36.7. The van der Waals surface area contributed by atoms with Gasteiger partial charge in [0.05, 0.1) is 0 Å². The van der Waals surface area contributed by atoms with E-state index in [-0.39, 0.29) is 41.7 Å². The molecular formula is C55H92O4Si2Sn. The van der Waals surface area contributed by atoms with Crippen molar-refractivity contribution in [2.45, 2.75) is 232 Å². The fourth-order valence-electron chi connectivity index (χ4n) is 11.5. The van der Waals surface area contributed by atoms with Gasteiger partial charge in [-0.15, -0.1) is 0 Å². The summed E-state index contributed by atoms with van der Waals surface area (Å²) in [6.45, 7) is 40.6. The van der Waals surface area contributed by atoms with E-state index >= 15 is 0 Å². The van der Waals surface area contributed by atoms with E-state index in [1.54, 1.807) is 3.59 Å². The number of epoxide rings is 1. The van der Waals surface area contributed by atoms with Crippen LogP contribution >= 0.6 is 0 Å². The van der Waals surface area contributed by atoms with Crippen LogP contribution in [0.15, 0.2) is 95.1 Å². The van der Waals surface area contributed by atoms with Crippen molar-refractivity contribution in [1.29, 1.82) is 0 Å². The zero-order valence-electron chi connectivity index (χ0n) is 42.1. The Labute approximate surface area is 388 Å². The van der Waals surface area contributed by atoms with Crippen LogP contribution in [-0.4, -0.2) is 71.6 Å². The third-order valence-corrected chi connectivity index (χ3v) is 42.3. The number of benzene rings is 2. The molecule has 4 nitrogen and oxygen atoms in total. The van der Waals surface area contributed by atoms with E-state index in [9.17, 15) is 0 Å². The summed E-state index contributed by atoms with van der Waals surface area (Å²) in [6.07, 6.45) is 16.9. The Morgan fingerprint density at radius 1 is 0.790 bits per heavy atom. The molecule has 4 rings (SSSR count). The summed E-state index contributed by atoms with van der Waals surface area (Å²) < 4.78 is 35.4. The smallest absolute Gasteiger partial charge is 0.0916 e. The van der Waals surface area contributed by atoms with Crippen LogP contribution in [-0.2, 0) is 18.3 Å². The van der Waals surface area contributed by atoms with Crippen molar-refractivity contribution in [3.05, 3.63) is 95.1 Å². The normalized spacial score (nSPS) is 21.1. The van der Waals surface area contributed by atoms with Crippen molar-refractivity contribution in [1.82, 2.24) is 0 Å². The topological polar surface area (TPSA) is 40.2 Å². The van der Waals surface area contributed by atoms with Gasteiger partial charge < -0.3 is 0 Å². The Hall–Kier alpha value is -1.27. The van der Waals surface area contributed by atoms with Crippen molar-refractivity contribution >= 4 is 45.4 Å². The Morgan fingerprint density at radius 2 is 1.29 bits per heavy atom. The van der Waals surface area contributed by atoms with E-state index in [2.05, 4.69) is 169 Å². The standard InChI is InChI=1S/C43H65O4Si2.3C4H9.Sn/c1-13-15-23-35(46-49(43(10,11)12,36-24-18-16-19-25-36)37-26-20-17-21-27-37)28-29-38-34(9)30-40(44-38)42-41(45-42)39(22-14-2)47-48(31(3)4,32(5)6)33(7)8;3*1-3-4-2;/h13,15-21,24-27,31-33,35,38-42H,2,9,22-23,28-30H2,1,3-8,10-12H3;3*1,3-4H2,2H3;/b15-13+;;;;/t35-,38+,39+,40+,41+,42+;;;;/m1..../s1. The van der Waals surface area contributed by atoms with Gasteiger partial charge in [0, 0.05) is 0 Å². The van der Waals surface area contributed by atoms with E-state index in [0.717, 1.165) is 32.1 Å². The third kappa shape index (κ3) is 12.8. The molecule has 2 saturated heterocycles. The summed E-state index contributed by atoms with van der Waals surface area (Å²) >= 11 is -2.73. The van der Waals surface area contributed by atoms with E-state index in [0.29, 0.717) is 16.6 Å². The van der Waals surface area contributed by atoms with Crippen LogP contribution < -0.4 is 10.4 Å². The van der Waals surface area contributed by atoms with Crippen LogP contribution in [0.1, 0.15) is 161 Å². The number of unbranched alkanes of at least 4 members (excludes halogenated alkanes) is 3. The Morgan fingerprint density at radius 3 is 1.73 bits per heavy atom. The zero-order valence-corrected chi connectivity index (χ0v) is 46.9. The molecule has 2 fully saturated rings. The van der Waals surface area contributed by atoms with Gasteiger partial charge in [0.25, 0.3) is 8.32 Å². The van der Waals surface area contributed by atoms with Crippen LogP contribution in [0.3, 0.4) is 0 Å². The minimum Gasteiger partial charge on any atom is -0.0916 e. The maximum absolute atomic E-state index is 7.82. The van der Waals surface area contributed by atoms with E-state index in [1.807, 2.05) is 0 Å². The predicted molar refractivity (Wildman–Crippen MR) is 277 cm³/mol. The molecule has 0 saturated carbocycles.